The van der Waals surface area contributed by atoms with Gasteiger partial charge in [-0.3, -0.25) is 0 Å². The van der Waals surface area contributed by atoms with E-state index in [0.29, 0.717) is 0 Å². The molecule has 0 fully saturated rings. The molecule has 0 saturated carbocycles. The maximum absolute atomic E-state index is 12.3. The molecule has 0 aliphatic heterocycles. The van der Waals surface area contributed by atoms with Gasteiger partial charge in [0.2, 0.25) is 0 Å². The number of halogens is 2. The van der Waals surface area contributed by atoms with Crippen LogP contribution in [0.15, 0.2) is 30.3 Å². The van der Waals surface area contributed by atoms with Crippen LogP contribution in [0.1, 0.15) is 0 Å². The molecule has 0 aliphatic rings. The fourth-order valence-electron chi connectivity index (χ4n) is 0.604. The minimum Gasteiger partial charge on any atom is -0.414 e. The van der Waals surface area contributed by atoms with Crippen molar-refractivity contribution in [3.63, 3.8) is 0 Å². The van der Waals surface area contributed by atoms with Crippen molar-refractivity contribution in [2.75, 3.05) is 0 Å². The summed E-state index contributed by atoms with van der Waals surface area (Å²) in [6.45, 7) is 0. The summed E-state index contributed by atoms with van der Waals surface area (Å²) in [5.74, 6) is 0.246. The zero-order valence-corrected chi connectivity index (χ0v) is 7.89. The minimum atomic E-state index is -4.08. The van der Waals surface area contributed by atoms with E-state index in [1.54, 1.807) is 18.2 Å². The monoisotopic (exact) mass is 238 g/mol. The van der Waals surface area contributed by atoms with E-state index in [1.807, 2.05) is 0 Å². The average molecular weight is 239 g/mol. The molecule has 0 spiro atoms. The lowest BCUT2D eigenvalue weighted by atomic mass is 10.3. The molecule has 0 heterocycles. The third-order valence-corrected chi connectivity index (χ3v) is 1.81. The first kappa shape index (κ1) is 8.75. The molecule has 0 amide bonds. The summed E-state index contributed by atoms with van der Waals surface area (Å²) < 4.78 is 27.1. The van der Waals surface area contributed by atoms with E-state index in [2.05, 4.69) is 20.0 Å². The van der Waals surface area contributed by atoms with Crippen LogP contribution in [0, 0.1) is 0 Å². The Kier molecular flexibility index (Phi) is 2.68. The van der Waals surface area contributed by atoms with Crippen molar-refractivity contribution in [3.05, 3.63) is 30.3 Å². The van der Waals surface area contributed by atoms with Crippen molar-refractivity contribution in [2.24, 2.45) is 0 Å². The molecule has 60 valence electrons. The summed E-state index contributed by atoms with van der Waals surface area (Å²) in [7, 11) is 0. The summed E-state index contributed by atoms with van der Waals surface area (Å²) in [5.41, 5.74) is 0. The lowest BCUT2D eigenvalue weighted by molar-refractivity contribution is 0.458. The Morgan fingerprint density at radius 2 is 1.91 bits per heavy atom. The number of benzene rings is 1. The number of hydrogen-bond acceptors (Lipinski definition) is 2. The van der Waals surface area contributed by atoms with Crippen molar-refractivity contribution < 1.29 is 13.3 Å². The third kappa shape index (κ3) is 3.54. The van der Waals surface area contributed by atoms with Gasteiger partial charge in [0.1, 0.15) is 5.75 Å². The standard InChI is InChI=1S/C6H5BrFO2P/c7-11(8,9)10-6-4-2-1-3-5-6/h1-5H. The smallest absolute Gasteiger partial charge is 0.414 e. The van der Waals surface area contributed by atoms with Crippen molar-refractivity contribution in [3.8, 4) is 5.75 Å². The highest BCUT2D eigenvalue weighted by Crippen LogP contribution is 2.56. The molecule has 1 unspecified atom stereocenters. The first-order valence-corrected chi connectivity index (χ1v) is 6.35. The molecule has 1 rings (SSSR count). The fourth-order valence-corrected chi connectivity index (χ4v) is 1.47. The predicted octanol–water partition coefficient (Wildman–Crippen LogP) is 3.54. The summed E-state index contributed by atoms with van der Waals surface area (Å²) in [6, 6.07) is 8.13. The first-order chi connectivity index (χ1) is 5.08. The second kappa shape index (κ2) is 3.37. The Balaban J connectivity index is 2.74. The molecule has 0 radical (unpaired) electrons. The Morgan fingerprint density at radius 1 is 1.36 bits per heavy atom. The van der Waals surface area contributed by atoms with Gasteiger partial charge in [0, 0.05) is 0 Å². The molecule has 11 heavy (non-hydrogen) atoms. The molecule has 0 N–H and O–H groups in total. The van der Waals surface area contributed by atoms with Crippen molar-refractivity contribution in [1.29, 1.82) is 0 Å². The molecule has 0 aromatic heterocycles. The lowest BCUT2D eigenvalue weighted by Gasteiger charge is -2.02. The molecule has 5 heteroatoms. The highest BCUT2D eigenvalue weighted by atomic mass is 79.9. The Bertz CT molecular complexity index is 271. The lowest BCUT2D eigenvalue weighted by Crippen LogP contribution is -1.79. The van der Waals surface area contributed by atoms with E-state index in [0.717, 1.165) is 0 Å². The van der Waals surface area contributed by atoms with Gasteiger partial charge in [-0.15, -0.1) is 4.20 Å². The van der Waals surface area contributed by atoms with Crippen molar-refractivity contribution in [1.82, 2.24) is 0 Å². The van der Waals surface area contributed by atoms with Gasteiger partial charge in [0.15, 0.2) is 0 Å². The molecule has 0 aliphatic carbocycles. The minimum absolute atomic E-state index is 0.246. The van der Waals surface area contributed by atoms with E-state index < -0.39 is 6.38 Å². The van der Waals surface area contributed by atoms with Gasteiger partial charge < -0.3 is 4.52 Å². The summed E-state index contributed by atoms with van der Waals surface area (Å²) >= 11 is 2.28. The average Bonchev–Trinajstić information content (AvgIpc) is 1.85. The van der Waals surface area contributed by atoms with Crippen molar-refractivity contribution in [2.45, 2.75) is 0 Å². The summed E-state index contributed by atoms with van der Waals surface area (Å²) in [6.07, 6.45) is -4.08. The zero-order chi connectivity index (χ0) is 8.32. The fraction of sp³-hybridized carbons (Fsp3) is 0. The topological polar surface area (TPSA) is 26.3 Å². The normalized spacial score (nSPS) is 15.5. The highest BCUT2D eigenvalue weighted by Gasteiger charge is 2.17. The van der Waals surface area contributed by atoms with Gasteiger partial charge in [-0.1, -0.05) is 18.2 Å². The van der Waals surface area contributed by atoms with Crippen LogP contribution in [0.3, 0.4) is 0 Å². The molecule has 1 aromatic carbocycles. The molecule has 1 atom stereocenters. The zero-order valence-electron chi connectivity index (χ0n) is 5.41. The maximum Gasteiger partial charge on any atom is 0.483 e. The first-order valence-electron chi connectivity index (χ1n) is 2.82. The Labute approximate surface area is 71.7 Å². The van der Waals surface area contributed by atoms with Crippen LogP contribution in [0.4, 0.5) is 4.20 Å². The highest BCUT2D eigenvalue weighted by molar-refractivity contribution is 9.39. The van der Waals surface area contributed by atoms with E-state index in [-0.39, 0.29) is 5.75 Å². The number of hydrogen-bond donors (Lipinski definition) is 0. The van der Waals surface area contributed by atoms with Crippen LogP contribution >= 0.6 is 21.9 Å². The van der Waals surface area contributed by atoms with Gasteiger partial charge in [-0.05, 0) is 12.1 Å². The van der Waals surface area contributed by atoms with E-state index >= 15 is 0 Å². The summed E-state index contributed by atoms with van der Waals surface area (Å²) in [4.78, 5) is 0. The molecule has 1 aromatic rings. The van der Waals surface area contributed by atoms with E-state index in [1.165, 1.54) is 12.1 Å². The van der Waals surface area contributed by atoms with Crippen LogP contribution < -0.4 is 4.52 Å². The predicted molar refractivity (Wildman–Crippen MR) is 44.7 cm³/mol. The van der Waals surface area contributed by atoms with Crippen LogP contribution in [0.25, 0.3) is 0 Å². The molecular weight excluding hydrogens is 234 g/mol. The van der Waals surface area contributed by atoms with Crippen LogP contribution in [0.2, 0.25) is 0 Å². The van der Waals surface area contributed by atoms with Gasteiger partial charge >= 0.3 is 6.38 Å². The third-order valence-electron chi connectivity index (χ3n) is 0.955. The second-order valence-corrected chi connectivity index (χ2v) is 5.37. The van der Waals surface area contributed by atoms with Crippen LogP contribution in [-0.2, 0) is 4.57 Å². The van der Waals surface area contributed by atoms with Gasteiger partial charge in [-0.2, -0.15) is 0 Å². The SMILES string of the molecule is O=P(F)(Br)Oc1ccccc1. The number of para-hydroxylation sites is 1. The van der Waals surface area contributed by atoms with Crippen molar-refractivity contribution >= 4 is 21.9 Å². The second-order valence-electron chi connectivity index (χ2n) is 1.82. The molecule has 0 bridgehead atoms. The van der Waals surface area contributed by atoms with E-state index in [9.17, 15) is 8.76 Å². The Morgan fingerprint density at radius 3 is 2.36 bits per heavy atom. The van der Waals surface area contributed by atoms with Gasteiger partial charge in [-0.25, -0.2) is 4.57 Å². The summed E-state index contributed by atoms with van der Waals surface area (Å²) in [5, 5.41) is 0. The molecule has 0 saturated heterocycles. The molecule has 2 nitrogen and oxygen atoms in total. The molecular formula is C6H5BrFO2P. The van der Waals surface area contributed by atoms with E-state index in [4.69, 9.17) is 0 Å². The van der Waals surface area contributed by atoms with Gasteiger partial charge in [0.25, 0.3) is 0 Å². The quantitative estimate of drug-likeness (QED) is 0.737. The van der Waals surface area contributed by atoms with Crippen LogP contribution in [-0.4, -0.2) is 0 Å². The number of rotatable bonds is 2. The Hall–Kier alpha value is -0.340. The van der Waals surface area contributed by atoms with Gasteiger partial charge in [0.05, 0.1) is 15.5 Å². The largest absolute Gasteiger partial charge is 0.483 e. The van der Waals surface area contributed by atoms with Crippen LogP contribution in [0.5, 0.6) is 5.75 Å². The maximum atomic E-state index is 12.3.